The van der Waals surface area contributed by atoms with Crippen LogP contribution >= 0.6 is 0 Å². The third kappa shape index (κ3) is 4.82. The van der Waals surface area contributed by atoms with Crippen LogP contribution in [0.2, 0.25) is 0 Å². The summed E-state index contributed by atoms with van der Waals surface area (Å²) in [5, 5.41) is 2.84. The highest BCUT2D eigenvalue weighted by atomic mass is 16.2. The summed E-state index contributed by atoms with van der Waals surface area (Å²) in [5.74, 6) is 0.0348. The number of hydrogen-bond donors (Lipinski definition) is 1. The standard InChI is InChI=1S/C24H26N6O3/c1-15-12-16(2)30(24(33)26-15)14-21(31)29-11-7-10-20(29)22-25-13-19(17(3)27-22)23(32)28-18-8-5-4-6-9-18/h4-6,8-9,12-13,20H,7,10-11,14H2,1-3H3,(H,28,32)/t20-/m0/s1. The molecule has 9 nitrogen and oxygen atoms in total. The summed E-state index contributed by atoms with van der Waals surface area (Å²) in [6, 6.07) is 10.7. The summed E-state index contributed by atoms with van der Waals surface area (Å²) in [5.41, 5.74) is 2.50. The number of aryl methyl sites for hydroxylation is 3. The number of aromatic nitrogens is 4. The molecule has 1 aliphatic rings. The zero-order chi connectivity index (χ0) is 23.5. The molecule has 1 fully saturated rings. The van der Waals surface area contributed by atoms with E-state index in [-0.39, 0.29) is 24.4 Å². The molecule has 1 atom stereocenters. The van der Waals surface area contributed by atoms with Crippen molar-refractivity contribution in [3.63, 3.8) is 0 Å². The first kappa shape index (κ1) is 22.3. The zero-order valence-electron chi connectivity index (χ0n) is 18.9. The lowest BCUT2D eigenvalue weighted by Gasteiger charge is -2.24. The fraction of sp³-hybridized carbons (Fsp3) is 0.333. The summed E-state index contributed by atoms with van der Waals surface area (Å²) in [6.07, 6.45) is 3.05. The van der Waals surface area contributed by atoms with Crippen LogP contribution in [0.25, 0.3) is 0 Å². The van der Waals surface area contributed by atoms with Crippen LogP contribution in [-0.2, 0) is 11.3 Å². The van der Waals surface area contributed by atoms with Gasteiger partial charge in [0.2, 0.25) is 5.91 Å². The number of rotatable bonds is 5. The number of nitrogens with zero attached hydrogens (tertiary/aromatic N) is 5. The smallest absolute Gasteiger partial charge is 0.331 e. The number of nitrogens with one attached hydrogen (secondary N) is 1. The monoisotopic (exact) mass is 446 g/mol. The van der Waals surface area contributed by atoms with Crippen molar-refractivity contribution in [2.24, 2.45) is 0 Å². The molecule has 0 saturated carbocycles. The molecule has 33 heavy (non-hydrogen) atoms. The maximum atomic E-state index is 13.1. The topological polar surface area (TPSA) is 110 Å². The number of para-hydroxylation sites is 1. The number of anilines is 1. The second-order valence-electron chi connectivity index (χ2n) is 8.20. The predicted octanol–water partition coefficient (Wildman–Crippen LogP) is 2.57. The van der Waals surface area contributed by atoms with Gasteiger partial charge in [-0.1, -0.05) is 18.2 Å². The van der Waals surface area contributed by atoms with Gasteiger partial charge in [-0.05, 0) is 51.8 Å². The van der Waals surface area contributed by atoms with Crippen LogP contribution in [0, 0.1) is 20.8 Å². The van der Waals surface area contributed by atoms with Crippen LogP contribution in [-0.4, -0.2) is 42.8 Å². The van der Waals surface area contributed by atoms with Gasteiger partial charge in [0.25, 0.3) is 5.91 Å². The van der Waals surface area contributed by atoms with Gasteiger partial charge in [0, 0.05) is 29.8 Å². The molecule has 1 aromatic carbocycles. The molecule has 1 aliphatic heterocycles. The Kier molecular flexibility index (Phi) is 6.30. The Morgan fingerprint density at radius 2 is 1.88 bits per heavy atom. The van der Waals surface area contributed by atoms with Crippen molar-refractivity contribution < 1.29 is 9.59 Å². The van der Waals surface area contributed by atoms with E-state index in [2.05, 4.69) is 20.3 Å². The average molecular weight is 447 g/mol. The van der Waals surface area contributed by atoms with E-state index in [0.717, 1.165) is 12.8 Å². The number of carbonyl (C=O) groups excluding carboxylic acids is 2. The molecular weight excluding hydrogens is 420 g/mol. The van der Waals surface area contributed by atoms with Gasteiger partial charge >= 0.3 is 5.69 Å². The molecule has 0 aliphatic carbocycles. The summed E-state index contributed by atoms with van der Waals surface area (Å²) in [7, 11) is 0. The Labute approximate surface area is 191 Å². The molecule has 0 spiro atoms. The Hall–Kier alpha value is -3.88. The summed E-state index contributed by atoms with van der Waals surface area (Å²) in [4.78, 5) is 52.6. The normalized spacial score (nSPS) is 15.5. The van der Waals surface area contributed by atoms with Gasteiger partial charge in [-0.25, -0.2) is 14.8 Å². The molecule has 4 rings (SSSR count). The van der Waals surface area contributed by atoms with Crippen molar-refractivity contribution in [3.05, 3.63) is 81.5 Å². The molecule has 3 heterocycles. The fourth-order valence-corrected chi connectivity index (χ4v) is 4.12. The van der Waals surface area contributed by atoms with Crippen molar-refractivity contribution in [2.75, 3.05) is 11.9 Å². The number of likely N-dealkylation sites (tertiary alicyclic amines) is 1. The Balaban J connectivity index is 1.51. The molecule has 2 aromatic heterocycles. The van der Waals surface area contributed by atoms with Crippen molar-refractivity contribution in [2.45, 2.75) is 46.2 Å². The average Bonchev–Trinajstić information content (AvgIpc) is 3.27. The quantitative estimate of drug-likeness (QED) is 0.645. The van der Waals surface area contributed by atoms with E-state index in [1.54, 1.807) is 43.9 Å². The highest BCUT2D eigenvalue weighted by molar-refractivity contribution is 6.04. The third-order valence-electron chi connectivity index (χ3n) is 5.79. The molecule has 0 unspecified atom stereocenters. The van der Waals surface area contributed by atoms with E-state index >= 15 is 0 Å². The Morgan fingerprint density at radius 1 is 1.12 bits per heavy atom. The Morgan fingerprint density at radius 3 is 2.58 bits per heavy atom. The van der Waals surface area contributed by atoms with Crippen molar-refractivity contribution in [1.82, 2.24) is 24.4 Å². The zero-order valence-corrected chi connectivity index (χ0v) is 18.9. The predicted molar refractivity (Wildman–Crippen MR) is 123 cm³/mol. The number of hydrogen-bond acceptors (Lipinski definition) is 6. The van der Waals surface area contributed by atoms with Gasteiger partial charge in [-0.2, -0.15) is 4.98 Å². The molecule has 9 heteroatoms. The molecule has 170 valence electrons. The van der Waals surface area contributed by atoms with E-state index in [1.807, 2.05) is 18.2 Å². The van der Waals surface area contributed by atoms with Gasteiger partial charge in [0.1, 0.15) is 6.54 Å². The first-order valence-corrected chi connectivity index (χ1v) is 10.9. The number of carbonyl (C=O) groups is 2. The van der Waals surface area contributed by atoms with Crippen LogP contribution < -0.4 is 11.0 Å². The van der Waals surface area contributed by atoms with Crippen LogP contribution in [0.1, 0.15) is 52.1 Å². The maximum absolute atomic E-state index is 13.1. The molecular formula is C24H26N6O3. The van der Waals surface area contributed by atoms with Gasteiger partial charge in [0.15, 0.2) is 5.82 Å². The summed E-state index contributed by atoms with van der Waals surface area (Å²) >= 11 is 0. The SMILES string of the molecule is Cc1cc(C)n(CC(=O)N2CCC[C@H]2c2ncc(C(=O)Nc3ccccc3)c(C)n2)c(=O)n1. The molecule has 0 radical (unpaired) electrons. The maximum Gasteiger partial charge on any atom is 0.348 e. The summed E-state index contributed by atoms with van der Waals surface area (Å²) in [6.45, 7) is 5.78. The largest absolute Gasteiger partial charge is 0.348 e. The first-order valence-electron chi connectivity index (χ1n) is 10.9. The van der Waals surface area contributed by atoms with Crippen molar-refractivity contribution >= 4 is 17.5 Å². The third-order valence-corrected chi connectivity index (χ3v) is 5.79. The van der Waals surface area contributed by atoms with E-state index in [0.29, 0.717) is 40.7 Å². The van der Waals surface area contributed by atoms with Crippen LogP contribution in [0.15, 0.2) is 47.4 Å². The number of amides is 2. The van der Waals surface area contributed by atoms with Crippen molar-refractivity contribution in [1.29, 1.82) is 0 Å². The van der Waals surface area contributed by atoms with Gasteiger partial charge < -0.3 is 10.2 Å². The minimum atomic E-state index is -0.433. The van der Waals surface area contributed by atoms with E-state index in [4.69, 9.17) is 0 Å². The Bertz CT molecular complexity index is 1250. The lowest BCUT2D eigenvalue weighted by Crippen LogP contribution is -2.38. The van der Waals surface area contributed by atoms with E-state index < -0.39 is 5.69 Å². The van der Waals surface area contributed by atoms with Gasteiger partial charge in [-0.3, -0.25) is 14.2 Å². The number of benzene rings is 1. The molecule has 3 aromatic rings. The van der Waals surface area contributed by atoms with Crippen LogP contribution in [0.5, 0.6) is 0 Å². The van der Waals surface area contributed by atoms with Crippen LogP contribution in [0.4, 0.5) is 5.69 Å². The second-order valence-corrected chi connectivity index (χ2v) is 8.20. The highest BCUT2D eigenvalue weighted by Crippen LogP contribution is 2.30. The van der Waals surface area contributed by atoms with E-state index in [9.17, 15) is 14.4 Å². The fourth-order valence-electron chi connectivity index (χ4n) is 4.12. The van der Waals surface area contributed by atoms with Crippen molar-refractivity contribution in [3.8, 4) is 0 Å². The molecule has 2 amide bonds. The van der Waals surface area contributed by atoms with Crippen LogP contribution in [0.3, 0.4) is 0 Å². The minimum Gasteiger partial charge on any atom is -0.331 e. The van der Waals surface area contributed by atoms with Gasteiger partial charge in [-0.15, -0.1) is 0 Å². The molecule has 1 saturated heterocycles. The minimum absolute atomic E-state index is 0.0784. The van der Waals surface area contributed by atoms with E-state index in [1.165, 1.54) is 10.8 Å². The summed E-state index contributed by atoms with van der Waals surface area (Å²) < 4.78 is 1.38. The molecule has 1 N–H and O–H groups in total. The highest BCUT2D eigenvalue weighted by Gasteiger charge is 2.32. The van der Waals surface area contributed by atoms with Gasteiger partial charge in [0.05, 0.1) is 17.3 Å². The molecule has 0 bridgehead atoms. The lowest BCUT2D eigenvalue weighted by atomic mass is 10.1. The second kappa shape index (κ2) is 9.32. The first-order chi connectivity index (χ1) is 15.8. The lowest BCUT2D eigenvalue weighted by molar-refractivity contribution is -0.133.